The van der Waals surface area contributed by atoms with Gasteiger partial charge in [-0.3, -0.25) is 4.79 Å². The van der Waals surface area contributed by atoms with Crippen LogP contribution in [0.15, 0.2) is 42.5 Å². The normalized spacial score (nSPS) is 10.1. The SMILES string of the molecule is Cc1ccc(C)c(NC(=O)COC(=O)c2ccccc2C)c1. The first kappa shape index (κ1) is 15.8. The topological polar surface area (TPSA) is 55.4 Å². The third-order valence-corrected chi connectivity index (χ3v) is 3.37. The zero-order valence-electron chi connectivity index (χ0n) is 13.0. The quantitative estimate of drug-likeness (QED) is 0.880. The molecule has 22 heavy (non-hydrogen) atoms. The highest BCUT2D eigenvalue weighted by molar-refractivity contribution is 5.96. The minimum Gasteiger partial charge on any atom is -0.452 e. The van der Waals surface area contributed by atoms with Crippen LogP contribution in [0.5, 0.6) is 0 Å². The maximum absolute atomic E-state index is 11.9. The van der Waals surface area contributed by atoms with E-state index in [0.717, 1.165) is 22.4 Å². The lowest BCUT2D eigenvalue weighted by Gasteiger charge is -2.10. The number of aryl methyl sites for hydroxylation is 3. The third kappa shape index (κ3) is 3.95. The van der Waals surface area contributed by atoms with Gasteiger partial charge in [-0.15, -0.1) is 0 Å². The van der Waals surface area contributed by atoms with Crippen LogP contribution in [0.2, 0.25) is 0 Å². The Morgan fingerprint density at radius 1 is 1.00 bits per heavy atom. The van der Waals surface area contributed by atoms with Gasteiger partial charge in [-0.05, 0) is 49.6 Å². The van der Waals surface area contributed by atoms with E-state index >= 15 is 0 Å². The average Bonchev–Trinajstić information content (AvgIpc) is 2.49. The Labute approximate surface area is 130 Å². The molecule has 0 aliphatic rings. The third-order valence-electron chi connectivity index (χ3n) is 3.37. The Morgan fingerprint density at radius 3 is 2.45 bits per heavy atom. The van der Waals surface area contributed by atoms with Crippen molar-refractivity contribution < 1.29 is 14.3 Å². The van der Waals surface area contributed by atoms with Gasteiger partial charge in [0.2, 0.25) is 0 Å². The summed E-state index contributed by atoms with van der Waals surface area (Å²) in [6.07, 6.45) is 0. The van der Waals surface area contributed by atoms with Gasteiger partial charge >= 0.3 is 5.97 Å². The van der Waals surface area contributed by atoms with Crippen LogP contribution in [0.1, 0.15) is 27.0 Å². The van der Waals surface area contributed by atoms with Gasteiger partial charge in [0.1, 0.15) is 0 Å². The zero-order chi connectivity index (χ0) is 16.1. The highest BCUT2D eigenvalue weighted by Crippen LogP contribution is 2.16. The summed E-state index contributed by atoms with van der Waals surface area (Å²) in [6, 6.07) is 12.9. The predicted molar refractivity (Wildman–Crippen MR) is 86.0 cm³/mol. The molecule has 2 aromatic carbocycles. The van der Waals surface area contributed by atoms with Crippen LogP contribution < -0.4 is 5.32 Å². The van der Waals surface area contributed by atoms with Crippen LogP contribution >= 0.6 is 0 Å². The number of hydrogen-bond acceptors (Lipinski definition) is 3. The number of carbonyl (C=O) groups is 2. The minimum atomic E-state index is -0.491. The first-order chi connectivity index (χ1) is 10.5. The molecule has 0 bridgehead atoms. The summed E-state index contributed by atoms with van der Waals surface area (Å²) in [7, 11) is 0. The highest BCUT2D eigenvalue weighted by Gasteiger charge is 2.12. The van der Waals surface area contributed by atoms with Crippen LogP contribution in [0.25, 0.3) is 0 Å². The molecule has 2 aromatic rings. The van der Waals surface area contributed by atoms with Gasteiger partial charge in [0, 0.05) is 5.69 Å². The molecule has 0 fully saturated rings. The van der Waals surface area contributed by atoms with Crippen molar-refractivity contribution >= 4 is 17.6 Å². The molecule has 4 nitrogen and oxygen atoms in total. The van der Waals surface area contributed by atoms with Crippen molar-refractivity contribution in [2.24, 2.45) is 0 Å². The van der Waals surface area contributed by atoms with E-state index in [2.05, 4.69) is 5.32 Å². The van der Waals surface area contributed by atoms with Crippen molar-refractivity contribution in [2.75, 3.05) is 11.9 Å². The maximum atomic E-state index is 11.9. The number of rotatable bonds is 4. The van der Waals surface area contributed by atoms with Crippen molar-refractivity contribution in [3.05, 3.63) is 64.7 Å². The summed E-state index contributed by atoms with van der Waals surface area (Å²) >= 11 is 0. The maximum Gasteiger partial charge on any atom is 0.338 e. The van der Waals surface area contributed by atoms with Crippen LogP contribution in [0.4, 0.5) is 5.69 Å². The number of carbonyl (C=O) groups excluding carboxylic acids is 2. The van der Waals surface area contributed by atoms with Crippen molar-refractivity contribution in [3.63, 3.8) is 0 Å². The number of hydrogen-bond donors (Lipinski definition) is 1. The molecule has 0 saturated heterocycles. The number of benzene rings is 2. The fraction of sp³-hybridized carbons (Fsp3) is 0.222. The summed E-state index contributed by atoms with van der Waals surface area (Å²) in [5.74, 6) is -0.843. The van der Waals surface area contributed by atoms with Gasteiger partial charge in [-0.1, -0.05) is 30.3 Å². The zero-order valence-corrected chi connectivity index (χ0v) is 13.0. The van der Waals surface area contributed by atoms with E-state index in [9.17, 15) is 9.59 Å². The highest BCUT2D eigenvalue weighted by atomic mass is 16.5. The van der Waals surface area contributed by atoms with Gasteiger partial charge in [-0.25, -0.2) is 4.79 Å². The van der Waals surface area contributed by atoms with E-state index in [-0.39, 0.29) is 12.5 Å². The van der Waals surface area contributed by atoms with E-state index in [1.165, 1.54) is 0 Å². The first-order valence-electron chi connectivity index (χ1n) is 7.07. The number of nitrogens with one attached hydrogen (secondary N) is 1. The van der Waals surface area contributed by atoms with Gasteiger partial charge in [0.05, 0.1) is 5.56 Å². The molecule has 0 unspecified atom stereocenters. The summed E-state index contributed by atoms with van der Waals surface area (Å²) in [5, 5.41) is 2.76. The lowest BCUT2D eigenvalue weighted by atomic mass is 10.1. The number of amides is 1. The molecular formula is C18H19NO3. The number of esters is 1. The van der Waals surface area contributed by atoms with E-state index in [1.54, 1.807) is 12.1 Å². The molecule has 0 radical (unpaired) electrons. The molecule has 0 aromatic heterocycles. The molecule has 1 amide bonds. The van der Waals surface area contributed by atoms with Crippen LogP contribution in [-0.4, -0.2) is 18.5 Å². The summed E-state index contributed by atoms with van der Waals surface area (Å²) in [5.41, 5.74) is 4.04. The van der Waals surface area contributed by atoms with Crippen molar-refractivity contribution in [3.8, 4) is 0 Å². The smallest absolute Gasteiger partial charge is 0.338 e. The molecule has 4 heteroatoms. The van der Waals surface area contributed by atoms with Crippen molar-refractivity contribution in [1.29, 1.82) is 0 Å². The Hall–Kier alpha value is -2.62. The molecule has 2 rings (SSSR count). The molecule has 0 atom stereocenters. The molecular weight excluding hydrogens is 278 g/mol. The molecule has 0 aliphatic carbocycles. The molecule has 1 N–H and O–H groups in total. The Balaban J connectivity index is 1.94. The van der Waals surface area contributed by atoms with E-state index in [0.29, 0.717) is 5.56 Å². The summed E-state index contributed by atoms with van der Waals surface area (Å²) in [6.45, 7) is 5.38. The second-order valence-corrected chi connectivity index (χ2v) is 5.26. The predicted octanol–water partition coefficient (Wildman–Crippen LogP) is 3.41. The lowest BCUT2D eigenvalue weighted by Crippen LogP contribution is -2.21. The fourth-order valence-electron chi connectivity index (χ4n) is 2.07. The van der Waals surface area contributed by atoms with Crippen LogP contribution in [0, 0.1) is 20.8 Å². The van der Waals surface area contributed by atoms with E-state index < -0.39 is 5.97 Å². The minimum absolute atomic E-state index is 0.305. The summed E-state index contributed by atoms with van der Waals surface area (Å²) < 4.78 is 5.06. The van der Waals surface area contributed by atoms with Crippen molar-refractivity contribution in [1.82, 2.24) is 0 Å². The Kier molecular flexibility index (Phi) is 4.94. The standard InChI is InChI=1S/C18H19NO3/c1-12-8-9-14(3)16(10-12)19-17(20)11-22-18(21)15-7-5-4-6-13(15)2/h4-10H,11H2,1-3H3,(H,19,20). The van der Waals surface area contributed by atoms with Gasteiger partial charge in [0.25, 0.3) is 5.91 Å². The largest absolute Gasteiger partial charge is 0.452 e. The fourth-order valence-corrected chi connectivity index (χ4v) is 2.07. The molecule has 114 valence electrons. The average molecular weight is 297 g/mol. The first-order valence-corrected chi connectivity index (χ1v) is 7.07. The van der Waals surface area contributed by atoms with Gasteiger partial charge < -0.3 is 10.1 Å². The van der Waals surface area contributed by atoms with Gasteiger partial charge in [0.15, 0.2) is 6.61 Å². The Bertz CT molecular complexity index is 707. The van der Waals surface area contributed by atoms with Crippen molar-refractivity contribution in [2.45, 2.75) is 20.8 Å². The molecule has 0 spiro atoms. The Morgan fingerprint density at radius 2 is 1.73 bits per heavy atom. The second kappa shape index (κ2) is 6.89. The van der Waals surface area contributed by atoms with E-state index in [1.807, 2.05) is 51.1 Å². The van der Waals surface area contributed by atoms with Crippen LogP contribution in [0.3, 0.4) is 0 Å². The molecule has 0 heterocycles. The lowest BCUT2D eigenvalue weighted by molar-refractivity contribution is -0.119. The monoisotopic (exact) mass is 297 g/mol. The number of ether oxygens (including phenoxy) is 1. The van der Waals surface area contributed by atoms with Gasteiger partial charge in [-0.2, -0.15) is 0 Å². The van der Waals surface area contributed by atoms with E-state index in [4.69, 9.17) is 4.74 Å². The molecule has 0 aliphatic heterocycles. The summed E-state index contributed by atoms with van der Waals surface area (Å²) in [4.78, 5) is 23.8. The second-order valence-electron chi connectivity index (χ2n) is 5.26. The number of anilines is 1. The van der Waals surface area contributed by atoms with Crippen LogP contribution in [-0.2, 0) is 9.53 Å². The molecule has 0 saturated carbocycles.